The summed E-state index contributed by atoms with van der Waals surface area (Å²) in [5.41, 5.74) is 1.31. The number of aromatic carboxylic acids is 1. The summed E-state index contributed by atoms with van der Waals surface area (Å²) in [7, 11) is 0. The number of ether oxygens (including phenoxy) is 1. The molecule has 0 spiro atoms. The van der Waals surface area contributed by atoms with Gasteiger partial charge in [-0.15, -0.1) is 0 Å². The van der Waals surface area contributed by atoms with Crippen LogP contribution in [-0.4, -0.2) is 16.1 Å². The number of carboxylic acid groups (broad SMARTS) is 1. The zero-order valence-corrected chi connectivity index (χ0v) is 11.4. The van der Waals surface area contributed by atoms with Gasteiger partial charge in [0, 0.05) is 11.6 Å². The summed E-state index contributed by atoms with van der Waals surface area (Å²) in [6, 6.07) is 14.1. The number of hydrogen-bond donors (Lipinski definition) is 1. The first-order chi connectivity index (χ1) is 10.1. The predicted octanol–water partition coefficient (Wildman–Crippen LogP) is 4.03. The monoisotopic (exact) mass is 279 g/mol. The zero-order chi connectivity index (χ0) is 14.8. The van der Waals surface area contributed by atoms with Crippen molar-refractivity contribution in [2.75, 3.05) is 0 Å². The molecule has 0 aliphatic rings. The Bertz CT molecular complexity index is 810. The Morgan fingerprint density at radius 1 is 1.05 bits per heavy atom. The van der Waals surface area contributed by atoms with Gasteiger partial charge < -0.3 is 9.84 Å². The summed E-state index contributed by atoms with van der Waals surface area (Å²) in [5.74, 6) is 0.112. The van der Waals surface area contributed by atoms with Crippen LogP contribution in [0.1, 0.15) is 15.9 Å². The molecule has 1 N–H and O–H groups in total. The van der Waals surface area contributed by atoms with Crippen molar-refractivity contribution in [2.45, 2.75) is 6.92 Å². The summed E-state index contributed by atoms with van der Waals surface area (Å²) < 4.78 is 5.78. The minimum Gasteiger partial charge on any atom is -0.478 e. The third-order valence-electron chi connectivity index (χ3n) is 3.27. The fourth-order valence-electron chi connectivity index (χ4n) is 2.17. The highest BCUT2D eigenvalue weighted by atomic mass is 16.5. The van der Waals surface area contributed by atoms with E-state index in [1.165, 1.54) is 12.1 Å². The van der Waals surface area contributed by atoms with Gasteiger partial charge in [0.25, 0.3) is 0 Å². The van der Waals surface area contributed by atoms with E-state index in [2.05, 4.69) is 4.98 Å². The van der Waals surface area contributed by atoms with Gasteiger partial charge in [0.2, 0.25) is 5.88 Å². The van der Waals surface area contributed by atoms with Gasteiger partial charge in [0.05, 0.1) is 5.56 Å². The van der Waals surface area contributed by atoms with Crippen LogP contribution in [0.2, 0.25) is 0 Å². The molecule has 0 aliphatic carbocycles. The fraction of sp³-hybridized carbons (Fsp3) is 0.0588. The highest BCUT2D eigenvalue weighted by molar-refractivity contribution is 5.89. The Labute approximate surface area is 121 Å². The minimum absolute atomic E-state index is 0.226. The van der Waals surface area contributed by atoms with Crippen molar-refractivity contribution in [1.29, 1.82) is 0 Å². The lowest BCUT2D eigenvalue weighted by Crippen LogP contribution is -1.96. The second kappa shape index (κ2) is 5.25. The van der Waals surface area contributed by atoms with Gasteiger partial charge in [-0.2, -0.15) is 0 Å². The van der Waals surface area contributed by atoms with E-state index >= 15 is 0 Å². The van der Waals surface area contributed by atoms with Gasteiger partial charge in [-0.05, 0) is 48.2 Å². The number of hydrogen-bond acceptors (Lipinski definition) is 3. The van der Waals surface area contributed by atoms with Crippen molar-refractivity contribution in [3.8, 4) is 11.6 Å². The highest BCUT2D eigenvalue weighted by Gasteiger charge is 2.08. The molecular formula is C17H13NO3. The first kappa shape index (κ1) is 13.1. The number of carbonyl (C=O) groups is 1. The van der Waals surface area contributed by atoms with Crippen molar-refractivity contribution in [3.05, 3.63) is 65.9 Å². The normalized spacial score (nSPS) is 10.5. The van der Waals surface area contributed by atoms with Crippen LogP contribution < -0.4 is 4.74 Å². The highest BCUT2D eigenvalue weighted by Crippen LogP contribution is 2.29. The Hall–Kier alpha value is -2.88. The average molecular weight is 279 g/mol. The van der Waals surface area contributed by atoms with Crippen LogP contribution in [-0.2, 0) is 0 Å². The molecule has 0 unspecified atom stereocenters. The smallest absolute Gasteiger partial charge is 0.335 e. The summed E-state index contributed by atoms with van der Waals surface area (Å²) in [4.78, 5) is 15.2. The standard InChI is InChI=1S/C17H13NO3/c1-11-10-18-16(15-5-3-2-4-14(11)15)21-13-8-6-12(7-9-13)17(19)20/h2-10H,1H3,(H,19,20). The fourth-order valence-corrected chi connectivity index (χ4v) is 2.17. The van der Waals surface area contributed by atoms with Gasteiger partial charge in [-0.3, -0.25) is 0 Å². The van der Waals surface area contributed by atoms with Gasteiger partial charge in [0.1, 0.15) is 5.75 Å². The van der Waals surface area contributed by atoms with Crippen molar-refractivity contribution in [3.63, 3.8) is 0 Å². The molecule has 3 rings (SSSR count). The second-order valence-corrected chi connectivity index (χ2v) is 4.72. The molecular weight excluding hydrogens is 266 g/mol. The molecule has 3 aromatic rings. The first-order valence-corrected chi connectivity index (χ1v) is 6.51. The number of aromatic nitrogens is 1. The molecule has 0 atom stereocenters. The van der Waals surface area contributed by atoms with Crippen LogP contribution in [0.5, 0.6) is 11.6 Å². The minimum atomic E-state index is -0.958. The first-order valence-electron chi connectivity index (χ1n) is 6.51. The van der Waals surface area contributed by atoms with E-state index in [9.17, 15) is 4.79 Å². The summed E-state index contributed by atoms with van der Waals surface area (Å²) in [6.45, 7) is 2.00. The molecule has 0 saturated carbocycles. The Kier molecular flexibility index (Phi) is 3.28. The number of rotatable bonds is 3. The molecule has 2 aromatic carbocycles. The Morgan fingerprint density at radius 3 is 2.38 bits per heavy atom. The molecule has 4 nitrogen and oxygen atoms in total. The van der Waals surface area contributed by atoms with E-state index in [1.54, 1.807) is 18.3 Å². The number of pyridine rings is 1. The Balaban J connectivity index is 1.98. The number of benzene rings is 2. The molecule has 0 amide bonds. The zero-order valence-electron chi connectivity index (χ0n) is 11.4. The number of aryl methyl sites for hydroxylation is 1. The maximum atomic E-state index is 10.8. The van der Waals surface area contributed by atoms with Crippen LogP contribution in [0.15, 0.2) is 54.7 Å². The lowest BCUT2D eigenvalue weighted by atomic mass is 10.1. The molecule has 0 radical (unpaired) electrons. The van der Waals surface area contributed by atoms with Crippen LogP contribution >= 0.6 is 0 Å². The predicted molar refractivity (Wildman–Crippen MR) is 80.0 cm³/mol. The van der Waals surface area contributed by atoms with Crippen LogP contribution in [0.4, 0.5) is 0 Å². The molecule has 21 heavy (non-hydrogen) atoms. The molecule has 104 valence electrons. The SMILES string of the molecule is Cc1cnc(Oc2ccc(C(=O)O)cc2)c2ccccc12. The third-order valence-corrected chi connectivity index (χ3v) is 3.27. The van der Waals surface area contributed by atoms with Crippen LogP contribution in [0.25, 0.3) is 10.8 Å². The lowest BCUT2D eigenvalue weighted by molar-refractivity contribution is 0.0697. The van der Waals surface area contributed by atoms with Crippen LogP contribution in [0, 0.1) is 6.92 Å². The van der Waals surface area contributed by atoms with E-state index in [-0.39, 0.29) is 5.56 Å². The number of nitrogens with zero attached hydrogens (tertiary/aromatic N) is 1. The van der Waals surface area contributed by atoms with Gasteiger partial charge in [-0.1, -0.05) is 18.2 Å². The Morgan fingerprint density at radius 2 is 1.71 bits per heavy atom. The summed E-state index contributed by atoms with van der Waals surface area (Å²) in [6.07, 6.45) is 1.77. The molecule has 0 bridgehead atoms. The average Bonchev–Trinajstić information content (AvgIpc) is 2.51. The largest absolute Gasteiger partial charge is 0.478 e. The third kappa shape index (κ3) is 2.56. The molecule has 0 saturated heterocycles. The van der Waals surface area contributed by atoms with E-state index < -0.39 is 5.97 Å². The topological polar surface area (TPSA) is 59.4 Å². The van der Waals surface area contributed by atoms with Crippen molar-refractivity contribution >= 4 is 16.7 Å². The maximum Gasteiger partial charge on any atom is 0.335 e. The van der Waals surface area contributed by atoms with Crippen molar-refractivity contribution in [1.82, 2.24) is 4.98 Å². The van der Waals surface area contributed by atoms with E-state index in [0.717, 1.165) is 16.3 Å². The molecule has 0 aliphatic heterocycles. The van der Waals surface area contributed by atoms with Crippen LogP contribution in [0.3, 0.4) is 0 Å². The maximum absolute atomic E-state index is 10.8. The lowest BCUT2D eigenvalue weighted by Gasteiger charge is -2.09. The van der Waals surface area contributed by atoms with Gasteiger partial charge in [0.15, 0.2) is 0 Å². The van der Waals surface area contributed by atoms with E-state index in [0.29, 0.717) is 11.6 Å². The van der Waals surface area contributed by atoms with E-state index in [4.69, 9.17) is 9.84 Å². The second-order valence-electron chi connectivity index (χ2n) is 4.72. The van der Waals surface area contributed by atoms with Gasteiger partial charge in [-0.25, -0.2) is 9.78 Å². The van der Waals surface area contributed by atoms with Gasteiger partial charge >= 0.3 is 5.97 Å². The van der Waals surface area contributed by atoms with Crippen molar-refractivity contribution in [2.24, 2.45) is 0 Å². The van der Waals surface area contributed by atoms with E-state index in [1.807, 2.05) is 31.2 Å². The summed E-state index contributed by atoms with van der Waals surface area (Å²) in [5, 5.41) is 10.9. The molecule has 0 fully saturated rings. The number of carboxylic acids is 1. The number of fused-ring (bicyclic) bond motifs is 1. The molecule has 4 heteroatoms. The quantitative estimate of drug-likeness (QED) is 0.786. The van der Waals surface area contributed by atoms with Crippen molar-refractivity contribution < 1.29 is 14.6 Å². The molecule has 1 heterocycles. The summed E-state index contributed by atoms with van der Waals surface area (Å²) >= 11 is 0. The molecule has 1 aromatic heterocycles.